The maximum atomic E-state index is 6.38. The predicted octanol–water partition coefficient (Wildman–Crippen LogP) is 7.01. The van der Waals surface area contributed by atoms with Gasteiger partial charge in [-0.3, -0.25) is 0 Å². The first kappa shape index (κ1) is 17.9. The SMILES string of the molecule is Cc1ccc2c(oc3nc(C(C)C)ccc32)c1-c1nc2ccccc2n1C(C)C. The largest absolute Gasteiger partial charge is 0.437 e. The number of aryl methyl sites for hydroxylation is 1. The normalized spacial score (nSPS) is 12.2. The summed E-state index contributed by atoms with van der Waals surface area (Å²) in [6, 6.07) is 17.1. The van der Waals surface area contributed by atoms with Crippen LogP contribution in [0.3, 0.4) is 0 Å². The first-order valence-corrected chi connectivity index (χ1v) is 10.3. The maximum Gasteiger partial charge on any atom is 0.227 e. The van der Waals surface area contributed by atoms with Crippen molar-refractivity contribution in [2.75, 3.05) is 0 Å². The number of hydrogen-bond donors (Lipinski definition) is 0. The molecule has 0 unspecified atom stereocenters. The molecule has 0 aliphatic heterocycles. The summed E-state index contributed by atoms with van der Waals surface area (Å²) in [4.78, 5) is 9.80. The fourth-order valence-corrected chi connectivity index (χ4v) is 4.18. The minimum absolute atomic E-state index is 0.280. The van der Waals surface area contributed by atoms with Crippen LogP contribution in [0, 0.1) is 6.92 Å². The second-order valence-electron chi connectivity index (χ2n) is 8.37. The summed E-state index contributed by atoms with van der Waals surface area (Å²) >= 11 is 0. The van der Waals surface area contributed by atoms with E-state index in [1.165, 1.54) is 0 Å². The van der Waals surface area contributed by atoms with Gasteiger partial charge in [-0.2, -0.15) is 0 Å². The molecule has 0 bridgehead atoms. The number of pyridine rings is 1. The Morgan fingerprint density at radius 1 is 0.862 bits per heavy atom. The summed E-state index contributed by atoms with van der Waals surface area (Å²) in [5, 5.41) is 2.14. The van der Waals surface area contributed by atoms with Crippen molar-refractivity contribution in [3.8, 4) is 11.4 Å². The van der Waals surface area contributed by atoms with E-state index in [0.29, 0.717) is 11.6 Å². The number of furan rings is 1. The molecule has 0 fully saturated rings. The van der Waals surface area contributed by atoms with Crippen molar-refractivity contribution < 1.29 is 4.42 Å². The van der Waals surface area contributed by atoms with E-state index < -0.39 is 0 Å². The Kier molecular flexibility index (Phi) is 3.98. The van der Waals surface area contributed by atoms with Crippen molar-refractivity contribution in [3.63, 3.8) is 0 Å². The summed E-state index contributed by atoms with van der Waals surface area (Å²) in [7, 11) is 0. The van der Waals surface area contributed by atoms with Crippen molar-refractivity contribution in [1.29, 1.82) is 0 Å². The molecule has 0 aliphatic rings. The van der Waals surface area contributed by atoms with E-state index in [1.54, 1.807) is 0 Å². The molecule has 29 heavy (non-hydrogen) atoms. The summed E-state index contributed by atoms with van der Waals surface area (Å²) in [5.74, 6) is 1.31. The molecular weight excluding hydrogens is 358 g/mol. The molecule has 0 saturated carbocycles. The Balaban J connectivity index is 1.88. The van der Waals surface area contributed by atoms with Gasteiger partial charge in [0.25, 0.3) is 0 Å². The van der Waals surface area contributed by atoms with Crippen LogP contribution in [0.4, 0.5) is 0 Å². The van der Waals surface area contributed by atoms with Crippen LogP contribution in [0.1, 0.15) is 50.9 Å². The lowest BCUT2D eigenvalue weighted by molar-refractivity contribution is 0.620. The summed E-state index contributed by atoms with van der Waals surface area (Å²) in [6.45, 7) is 10.8. The summed E-state index contributed by atoms with van der Waals surface area (Å²) in [6.07, 6.45) is 0. The fraction of sp³-hybridized carbons (Fsp3) is 0.280. The zero-order chi connectivity index (χ0) is 20.3. The molecule has 0 saturated heterocycles. The van der Waals surface area contributed by atoms with Gasteiger partial charge in [-0.25, -0.2) is 9.97 Å². The average Bonchev–Trinajstić information content (AvgIpc) is 3.25. The third-order valence-electron chi connectivity index (χ3n) is 5.66. The highest BCUT2D eigenvalue weighted by atomic mass is 16.3. The lowest BCUT2D eigenvalue weighted by atomic mass is 10.0. The molecule has 4 nitrogen and oxygen atoms in total. The number of rotatable bonds is 3. The second-order valence-corrected chi connectivity index (χ2v) is 8.37. The Hall–Kier alpha value is -3.14. The first-order valence-electron chi connectivity index (χ1n) is 10.3. The molecule has 5 rings (SSSR count). The fourth-order valence-electron chi connectivity index (χ4n) is 4.18. The van der Waals surface area contributed by atoms with E-state index in [2.05, 4.69) is 81.7 Å². The molecular formula is C25H25N3O. The zero-order valence-corrected chi connectivity index (χ0v) is 17.5. The van der Waals surface area contributed by atoms with Crippen LogP contribution in [-0.4, -0.2) is 14.5 Å². The molecule has 4 heteroatoms. The Morgan fingerprint density at radius 3 is 2.38 bits per heavy atom. The maximum absolute atomic E-state index is 6.38. The van der Waals surface area contributed by atoms with E-state index in [1.807, 2.05) is 6.07 Å². The van der Waals surface area contributed by atoms with Crippen molar-refractivity contribution in [2.24, 2.45) is 0 Å². The van der Waals surface area contributed by atoms with E-state index in [-0.39, 0.29) is 6.04 Å². The van der Waals surface area contributed by atoms with E-state index in [4.69, 9.17) is 14.4 Å². The monoisotopic (exact) mass is 383 g/mol. The molecule has 0 aliphatic carbocycles. The number of imidazole rings is 1. The van der Waals surface area contributed by atoms with Crippen LogP contribution in [0.5, 0.6) is 0 Å². The quantitative estimate of drug-likeness (QED) is 0.336. The average molecular weight is 383 g/mol. The number of fused-ring (bicyclic) bond motifs is 4. The van der Waals surface area contributed by atoms with Crippen LogP contribution < -0.4 is 0 Å². The van der Waals surface area contributed by atoms with Gasteiger partial charge >= 0.3 is 0 Å². The lowest BCUT2D eigenvalue weighted by Gasteiger charge is -2.14. The Bertz CT molecular complexity index is 1370. The smallest absolute Gasteiger partial charge is 0.227 e. The molecule has 146 valence electrons. The van der Waals surface area contributed by atoms with Crippen molar-refractivity contribution in [2.45, 2.75) is 46.6 Å². The second kappa shape index (κ2) is 6.45. The molecule has 0 atom stereocenters. The van der Waals surface area contributed by atoms with E-state index >= 15 is 0 Å². The van der Waals surface area contributed by atoms with Crippen LogP contribution >= 0.6 is 0 Å². The summed E-state index contributed by atoms with van der Waals surface area (Å²) < 4.78 is 8.68. The van der Waals surface area contributed by atoms with Crippen LogP contribution in [0.25, 0.3) is 44.5 Å². The number of benzene rings is 2. The van der Waals surface area contributed by atoms with Gasteiger partial charge < -0.3 is 8.98 Å². The third kappa shape index (κ3) is 2.66. The van der Waals surface area contributed by atoms with E-state index in [0.717, 1.165) is 50.0 Å². The van der Waals surface area contributed by atoms with Crippen molar-refractivity contribution in [3.05, 3.63) is 59.8 Å². The van der Waals surface area contributed by atoms with Gasteiger partial charge in [0, 0.05) is 22.5 Å². The molecule has 0 N–H and O–H groups in total. The highest BCUT2D eigenvalue weighted by Crippen LogP contribution is 2.39. The standard InChI is InChI=1S/C25H25N3O/c1-14(2)19-13-12-18-17-11-10-16(5)22(23(17)29-25(18)27-19)24-26-20-8-6-7-9-21(20)28(24)15(3)4/h6-15H,1-5H3. The predicted molar refractivity (Wildman–Crippen MR) is 119 cm³/mol. The van der Waals surface area contributed by atoms with Crippen molar-refractivity contribution >= 4 is 33.1 Å². The molecule has 3 heterocycles. The molecule has 2 aromatic carbocycles. The van der Waals surface area contributed by atoms with Gasteiger partial charge in [-0.15, -0.1) is 0 Å². The van der Waals surface area contributed by atoms with Gasteiger partial charge in [0.15, 0.2) is 0 Å². The van der Waals surface area contributed by atoms with Gasteiger partial charge in [0.1, 0.15) is 11.4 Å². The topological polar surface area (TPSA) is 43.9 Å². The van der Waals surface area contributed by atoms with Gasteiger partial charge in [-0.1, -0.05) is 38.1 Å². The van der Waals surface area contributed by atoms with E-state index in [9.17, 15) is 0 Å². The Morgan fingerprint density at radius 2 is 1.62 bits per heavy atom. The Labute approximate surface area is 170 Å². The number of para-hydroxylation sites is 2. The van der Waals surface area contributed by atoms with Crippen molar-refractivity contribution in [1.82, 2.24) is 14.5 Å². The molecule has 0 amide bonds. The third-order valence-corrected chi connectivity index (χ3v) is 5.66. The zero-order valence-electron chi connectivity index (χ0n) is 17.5. The molecule has 5 aromatic rings. The minimum Gasteiger partial charge on any atom is -0.437 e. The summed E-state index contributed by atoms with van der Waals surface area (Å²) in [5.41, 5.74) is 6.96. The van der Waals surface area contributed by atoms with Gasteiger partial charge in [-0.05, 0) is 56.5 Å². The lowest BCUT2D eigenvalue weighted by Crippen LogP contribution is -2.04. The molecule has 0 spiro atoms. The highest BCUT2D eigenvalue weighted by Gasteiger charge is 2.22. The van der Waals surface area contributed by atoms with Crippen LogP contribution in [-0.2, 0) is 0 Å². The highest BCUT2D eigenvalue weighted by molar-refractivity contribution is 6.09. The van der Waals surface area contributed by atoms with Crippen LogP contribution in [0.2, 0.25) is 0 Å². The first-order chi connectivity index (χ1) is 14.0. The minimum atomic E-state index is 0.280. The van der Waals surface area contributed by atoms with Gasteiger partial charge in [0.2, 0.25) is 5.71 Å². The molecule has 0 radical (unpaired) electrons. The van der Waals surface area contributed by atoms with Crippen LogP contribution in [0.15, 0.2) is 52.9 Å². The van der Waals surface area contributed by atoms with Gasteiger partial charge in [0.05, 0.1) is 16.6 Å². The molecule has 3 aromatic heterocycles. The number of nitrogens with zero attached hydrogens (tertiary/aromatic N) is 3. The number of hydrogen-bond acceptors (Lipinski definition) is 3. The number of aromatic nitrogens is 3.